The van der Waals surface area contributed by atoms with Crippen LogP contribution in [0.3, 0.4) is 0 Å². The van der Waals surface area contributed by atoms with Crippen LogP contribution in [0.25, 0.3) is 11.3 Å². The Kier molecular flexibility index (Phi) is 3.71. The molecule has 0 saturated carbocycles. The molecule has 0 atom stereocenters. The number of hydrogen-bond donors (Lipinski definition) is 2. The number of imidazole rings is 1. The summed E-state index contributed by atoms with van der Waals surface area (Å²) in [7, 11) is 0. The van der Waals surface area contributed by atoms with Crippen LogP contribution in [0.2, 0.25) is 0 Å². The summed E-state index contributed by atoms with van der Waals surface area (Å²) < 4.78 is 1.09. The van der Waals surface area contributed by atoms with Gasteiger partial charge in [0, 0.05) is 21.6 Å². The lowest BCUT2D eigenvalue weighted by atomic mass is 9.98. The molecule has 0 bridgehead atoms. The highest BCUT2D eigenvalue weighted by Crippen LogP contribution is 2.29. The number of nitrogens with one attached hydrogen (secondary N) is 2. The van der Waals surface area contributed by atoms with Crippen LogP contribution in [0, 0.1) is 6.92 Å². The molecule has 1 aliphatic rings. The summed E-state index contributed by atoms with van der Waals surface area (Å²) in [6.45, 7) is 4.29. The van der Waals surface area contributed by atoms with Gasteiger partial charge in [-0.05, 0) is 45.0 Å². The Balaban J connectivity index is 1.92. The van der Waals surface area contributed by atoms with E-state index in [1.54, 1.807) is 0 Å². The second-order valence-corrected chi connectivity index (χ2v) is 6.05. The summed E-state index contributed by atoms with van der Waals surface area (Å²) in [5, 5.41) is 3.40. The van der Waals surface area contributed by atoms with Gasteiger partial charge in [-0.1, -0.05) is 28.1 Å². The smallest absolute Gasteiger partial charge is 0.110 e. The summed E-state index contributed by atoms with van der Waals surface area (Å²) in [5.41, 5.74) is 3.41. The summed E-state index contributed by atoms with van der Waals surface area (Å²) in [4.78, 5) is 8.32. The highest BCUT2D eigenvalue weighted by Gasteiger charge is 2.20. The Morgan fingerprint density at radius 2 is 2.05 bits per heavy atom. The normalized spacial score (nSPS) is 16.7. The topological polar surface area (TPSA) is 40.7 Å². The SMILES string of the molecule is Cc1[nH]c(C2CCNCC2)nc1-c1cccc(Br)c1. The van der Waals surface area contributed by atoms with Gasteiger partial charge in [0.25, 0.3) is 0 Å². The Hall–Kier alpha value is -1.13. The third kappa shape index (κ3) is 2.74. The van der Waals surface area contributed by atoms with E-state index in [2.05, 4.69) is 51.4 Å². The van der Waals surface area contributed by atoms with Crippen LogP contribution in [0.1, 0.15) is 30.3 Å². The lowest BCUT2D eigenvalue weighted by Crippen LogP contribution is -2.27. The standard InChI is InChI=1S/C15H18BrN3/c1-10-14(12-3-2-4-13(16)9-12)19-15(18-10)11-5-7-17-8-6-11/h2-4,9,11,17H,5-8H2,1H3,(H,18,19). The molecule has 1 aromatic carbocycles. The zero-order valence-electron chi connectivity index (χ0n) is 11.0. The number of H-pyrrole nitrogens is 1. The van der Waals surface area contributed by atoms with E-state index in [0.717, 1.165) is 34.8 Å². The minimum absolute atomic E-state index is 0.570. The molecule has 19 heavy (non-hydrogen) atoms. The fourth-order valence-corrected chi connectivity index (χ4v) is 3.09. The molecule has 100 valence electrons. The number of rotatable bonds is 2. The van der Waals surface area contributed by atoms with Crippen molar-refractivity contribution in [3.05, 3.63) is 40.3 Å². The summed E-state index contributed by atoms with van der Waals surface area (Å²) >= 11 is 3.52. The number of halogens is 1. The van der Waals surface area contributed by atoms with Crippen LogP contribution in [0.4, 0.5) is 0 Å². The molecule has 1 aromatic heterocycles. The molecule has 2 N–H and O–H groups in total. The van der Waals surface area contributed by atoms with Crippen LogP contribution in [0.15, 0.2) is 28.7 Å². The van der Waals surface area contributed by atoms with Crippen molar-refractivity contribution in [1.29, 1.82) is 0 Å². The van der Waals surface area contributed by atoms with E-state index in [1.807, 2.05) is 6.07 Å². The number of nitrogens with zero attached hydrogens (tertiary/aromatic N) is 1. The minimum Gasteiger partial charge on any atom is -0.345 e. The van der Waals surface area contributed by atoms with Crippen LogP contribution in [0.5, 0.6) is 0 Å². The minimum atomic E-state index is 0.570. The third-order valence-corrected chi connectivity index (χ3v) is 4.22. The molecule has 4 heteroatoms. The molecule has 3 nitrogen and oxygen atoms in total. The predicted molar refractivity (Wildman–Crippen MR) is 81.3 cm³/mol. The molecule has 1 aliphatic heterocycles. The summed E-state index contributed by atoms with van der Waals surface area (Å²) in [5.74, 6) is 1.72. The first-order chi connectivity index (χ1) is 9.24. The van der Waals surface area contributed by atoms with Gasteiger partial charge in [0.15, 0.2) is 0 Å². The lowest BCUT2D eigenvalue weighted by molar-refractivity contribution is 0.447. The zero-order chi connectivity index (χ0) is 13.2. The van der Waals surface area contributed by atoms with Crippen molar-refractivity contribution in [2.75, 3.05) is 13.1 Å². The maximum absolute atomic E-state index is 4.84. The maximum Gasteiger partial charge on any atom is 0.110 e. The van der Waals surface area contributed by atoms with Crippen molar-refractivity contribution in [3.63, 3.8) is 0 Å². The molecule has 0 amide bonds. The van der Waals surface area contributed by atoms with E-state index in [4.69, 9.17) is 4.98 Å². The predicted octanol–water partition coefficient (Wildman–Crippen LogP) is 3.61. The van der Waals surface area contributed by atoms with Gasteiger partial charge in [-0.2, -0.15) is 0 Å². The van der Waals surface area contributed by atoms with Crippen LogP contribution in [-0.4, -0.2) is 23.1 Å². The first kappa shape index (κ1) is 12.9. The molecule has 0 unspecified atom stereocenters. The number of piperidine rings is 1. The van der Waals surface area contributed by atoms with Crippen LogP contribution < -0.4 is 5.32 Å². The van der Waals surface area contributed by atoms with Crippen molar-refractivity contribution < 1.29 is 0 Å². The molecule has 3 rings (SSSR count). The van der Waals surface area contributed by atoms with E-state index in [0.29, 0.717) is 5.92 Å². The van der Waals surface area contributed by atoms with Gasteiger partial charge in [0.05, 0.1) is 5.69 Å². The largest absolute Gasteiger partial charge is 0.345 e. The van der Waals surface area contributed by atoms with Gasteiger partial charge in [0.1, 0.15) is 5.82 Å². The summed E-state index contributed by atoms with van der Waals surface area (Å²) in [6.07, 6.45) is 2.34. The quantitative estimate of drug-likeness (QED) is 0.887. The number of aromatic nitrogens is 2. The van der Waals surface area contributed by atoms with Gasteiger partial charge in [0.2, 0.25) is 0 Å². The molecule has 1 fully saturated rings. The number of aromatic amines is 1. The zero-order valence-corrected chi connectivity index (χ0v) is 12.6. The fourth-order valence-electron chi connectivity index (χ4n) is 2.69. The maximum atomic E-state index is 4.84. The average molecular weight is 320 g/mol. The number of aryl methyl sites for hydroxylation is 1. The van der Waals surface area contributed by atoms with E-state index < -0.39 is 0 Å². The van der Waals surface area contributed by atoms with Crippen LogP contribution in [-0.2, 0) is 0 Å². The van der Waals surface area contributed by atoms with E-state index in [-0.39, 0.29) is 0 Å². The molecule has 2 aromatic rings. The van der Waals surface area contributed by atoms with Gasteiger partial charge in [-0.15, -0.1) is 0 Å². The second-order valence-electron chi connectivity index (χ2n) is 5.13. The highest BCUT2D eigenvalue weighted by atomic mass is 79.9. The molecule has 0 spiro atoms. The Morgan fingerprint density at radius 1 is 1.26 bits per heavy atom. The Morgan fingerprint density at radius 3 is 2.79 bits per heavy atom. The number of benzene rings is 1. The van der Waals surface area contributed by atoms with E-state index in [9.17, 15) is 0 Å². The van der Waals surface area contributed by atoms with Crippen molar-refractivity contribution in [2.24, 2.45) is 0 Å². The Labute approximate surface area is 122 Å². The van der Waals surface area contributed by atoms with E-state index in [1.165, 1.54) is 18.4 Å². The van der Waals surface area contributed by atoms with Crippen LogP contribution >= 0.6 is 15.9 Å². The van der Waals surface area contributed by atoms with Crippen molar-refractivity contribution >= 4 is 15.9 Å². The van der Waals surface area contributed by atoms with Gasteiger partial charge in [-0.3, -0.25) is 0 Å². The van der Waals surface area contributed by atoms with Gasteiger partial charge < -0.3 is 10.3 Å². The van der Waals surface area contributed by atoms with Gasteiger partial charge >= 0.3 is 0 Å². The fraction of sp³-hybridized carbons (Fsp3) is 0.400. The molecule has 1 saturated heterocycles. The van der Waals surface area contributed by atoms with Crippen molar-refractivity contribution in [2.45, 2.75) is 25.7 Å². The molecule has 0 radical (unpaired) electrons. The molecule has 0 aliphatic carbocycles. The van der Waals surface area contributed by atoms with Gasteiger partial charge in [-0.25, -0.2) is 4.98 Å². The second kappa shape index (κ2) is 5.47. The van der Waals surface area contributed by atoms with Crippen molar-refractivity contribution in [1.82, 2.24) is 15.3 Å². The Bertz CT molecular complexity index is 571. The average Bonchev–Trinajstić information content (AvgIpc) is 2.82. The first-order valence-electron chi connectivity index (χ1n) is 6.77. The number of hydrogen-bond acceptors (Lipinski definition) is 2. The monoisotopic (exact) mass is 319 g/mol. The first-order valence-corrected chi connectivity index (χ1v) is 7.56. The highest BCUT2D eigenvalue weighted by molar-refractivity contribution is 9.10. The molecule has 2 heterocycles. The molecular formula is C15H18BrN3. The third-order valence-electron chi connectivity index (χ3n) is 3.73. The lowest BCUT2D eigenvalue weighted by Gasteiger charge is -2.20. The van der Waals surface area contributed by atoms with Crippen molar-refractivity contribution in [3.8, 4) is 11.3 Å². The molecular weight excluding hydrogens is 302 g/mol. The summed E-state index contributed by atoms with van der Waals surface area (Å²) in [6, 6.07) is 8.33. The van der Waals surface area contributed by atoms with E-state index >= 15 is 0 Å².